The van der Waals surface area contributed by atoms with E-state index in [1.54, 1.807) is 44.2 Å². The zero-order chi connectivity index (χ0) is 20.7. The molecule has 1 unspecified atom stereocenters. The Hall–Kier alpha value is -2.87. The SMILES string of the molecule is CC(=O)NC(CC(=O)OC(C)C)c1ccc(OS(=O)(=O)c2ccccc2)cc1. The van der Waals surface area contributed by atoms with Crippen LogP contribution >= 0.6 is 0 Å². The van der Waals surface area contributed by atoms with Crippen molar-refractivity contribution in [2.24, 2.45) is 0 Å². The van der Waals surface area contributed by atoms with Crippen LogP contribution in [-0.4, -0.2) is 26.4 Å². The van der Waals surface area contributed by atoms with Crippen LogP contribution in [0.15, 0.2) is 59.5 Å². The molecule has 150 valence electrons. The lowest BCUT2D eigenvalue weighted by atomic mass is 10.0. The summed E-state index contributed by atoms with van der Waals surface area (Å²) < 4.78 is 34.8. The Morgan fingerprint density at radius 3 is 2.14 bits per heavy atom. The Labute approximate surface area is 164 Å². The average molecular weight is 405 g/mol. The van der Waals surface area contributed by atoms with Crippen LogP contribution < -0.4 is 9.50 Å². The van der Waals surface area contributed by atoms with Crippen LogP contribution in [0.3, 0.4) is 0 Å². The van der Waals surface area contributed by atoms with Crippen LogP contribution in [-0.2, 0) is 24.4 Å². The number of carbonyl (C=O) groups is 2. The molecule has 0 bridgehead atoms. The van der Waals surface area contributed by atoms with Crippen LogP contribution in [0.2, 0.25) is 0 Å². The van der Waals surface area contributed by atoms with Gasteiger partial charge in [0.1, 0.15) is 10.6 Å². The number of amides is 1. The monoisotopic (exact) mass is 405 g/mol. The molecule has 1 amide bonds. The fraction of sp³-hybridized carbons (Fsp3) is 0.300. The van der Waals surface area contributed by atoms with Gasteiger partial charge in [0.2, 0.25) is 5.91 Å². The highest BCUT2D eigenvalue weighted by molar-refractivity contribution is 7.87. The van der Waals surface area contributed by atoms with E-state index in [9.17, 15) is 18.0 Å². The lowest BCUT2D eigenvalue weighted by molar-refractivity contribution is -0.148. The van der Waals surface area contributed by atoms with Crippen molar-refractivity contribution >= 4 is 22.0 Å². The van der Waals surface area contributed by atoms with Crippen molar-refractivity contribution in [3.8, 4) is 5.75 Å². The standard InChI is InChI=1S/C20H23NO6S/c1-14(2)26-20(23)13-19(21-15(3)22)16-9-11-17(12-10-16)27-28(24,25)18-7-5-4-6-8-18/h4-12,14,19H,13H2,1-3H3,(H,21,22). The second-order valence-corrected chi connectivity index (χ2v) is 7.96. The summed E-state index contributed by atoms with van der Waals surface area (Å²) in [5, 5.41) is 2.70. The van der Waals surface area contributed by atoms with Gasteiger partial charge in [-0.25, -0.2) is 0 Å². The molecule has 0 heterocycles. The van der Waals surface area contributed by atoms with Crippen LogP contribution in [0.1, 0.15) is 38.8 Å². The largest absolute Gasteiger partial charge is 0.463 e. The molecule has 0 aliphatic rings. The third kappa shape index (κ3) is 6.38. The fourth-order valence-corrected chi connectivity index (χ4v) is 3.44. The first-order valence-corrected chi connectivity index (χ1v) is 10.1. The van der Waals surface area contributed by atoms with Crippen molar-refractivity contribution in [2.45, 2.75) is 44.2 Å². The summed E-state index contributed by atoms with van der Waals surface area (Å²) in [6, 6.07) is 13.3. The van der Waals surface area contributed by atoms with Gasteiger partial charge in [-0.3, -0.25) is 9.59 Å². The first-order valence-electron chi connectivity index (χ1n) is 8.73. The average Bonchev–Trinajstić information content (AvgIpc) is 2.61. The van der Waals surface area contributed by atoms with Gasteiger partial charge in [0.25, 0.3) is 0 Å². The molecule has 1 atom stereocenters. The highest BCUT2D eigenvalue weighted by Crippen LogP contribution is 2.23. The van der Waals surface area contributed by atoms with E-state index in [0.29, 0.717) is 5.56 Å². The van der Waals surface area contributed by atoms with Gasteiger partial charge in [0.05, 0.1) is 18.6 Å². The van der Waals surface area contributed by atoms with Gasteiger partial charge in [0, 0.05) is 6.92 Å². The zero-order valence-corrected chi connectivity index (χ0v) is 16.7. The van der Waals surface area contributed by atoms with Gasteiger partial charge >= 0.3 is 16.1 Å². The summed E-state index contributed by atoms with van der Waals surface area (Å²) in [7, 11) is -3.94. The maximum absolute atomic E-state index is 12.3. The minimum absolute atomic E-state index is 0.0414. The van der Waals surface area contributed by atoms with Crippen LogP contribution in [0.4, 0.5) is 0 Å². The molecule has 2 aromatic rings. The highest BCUT2D eigenvalue weighted by Gasteiger charge is 2.20. The van der Waals surface area contributed by atoms with Crippen LogP contribution in [0, 0.1) is 0 Å². The number of rotatable bonds is 8. The lowest BCUT2D eigenvalue weighted by Crippen LogP contribution is -2.29. The Kier molecular flexibility index (Phi) is 7.17. The Balaban J connectivity index is 2.15. The number of carbonyl (C=O) groups excluding carboxylic acids is 2. The summed E-state index contributed by atoms with van der Waals surface area (Å²) in [5.74, 6) is -0.617. The second kappa shape index (κ2) is 9.36. The number of nitrogens with one attached hydrogen (secondary N) is 1. The van der Waals surface area contributed by atoms with Crippen molar-refractivity contribution < 1.29 is 26.9 Å². The third-order valence-electron chi connectivity index (χ3n) is 3.64. The molecule has 0 aliphatic heterocycles. The quantitative estimate of drug-likeness (QED) is 0.535. The molecular weight excluding hydrogens is 382 g/mol. The van der Waals surface area contributed by atoms with E-state index in [2.05, 4.69) is 5.32 Å². The third-order valence-corrected chi connectivity index (χ3v) is 4.90. The van der Waals surface area contributed by atoms with E-state index in [1.807, 2.05) is 0 Å². The van der Waals surface area contributed by atoms with Gasteiger partial charge in [-0.15, -0.1) is 0 Å². The lowest BCUT2D eigenvalue weighted by Gasteiger charge is -2.19. The Morgan fingerprint density at radius 2 is 1.61 bits per heavy atom. The molecule has 0 saturated heterocycles. The molecule has 2 rings (SSSR count). The molecule has 0 aromatic heterocycles. The molecule has 28 heavy (non-hydrogen) atoms. The second-order valence-electron chi connectivity index (χ2n) is 6.42. The molecule has 0 spiro atoms. The molecular formula is C20H23NO6S. The van der Waals surface area contributed by atoms with Crippen LogP contribution in [0.25, 0.3) is 0 Å². The molecule has 2 aromatic carbocycles. The summed E-state index contributed by atoms with van der Waals surface area (Å²) in [4.78, 5) is 23.5. The van der Waals surface area contributed by atoms with E-state index in [1.165, 1.54) is 31.2 Å². The number of hydrogen-bond donors (Lipinski definition) is 1. The predicted octanol–water partition coefficient (Wildman–Crippen LogP) is 2.97. The molecule has 7 nitrogen and oxygen atoms in total. The molecule has 0 radical (unpaired) electrons. The van der Waals surface area contributed by atoms with Gasteiger partial charge in [-0.2, -0.15) is 8.42 Å². The van der Waals surface area contributed by atoms with Crippen molar-refractivity contribution in [3.63, 3.8) is 0 Å². The van der Waals surface area contributed by atoms with E-state index >= 15 is 0 Å². The van der Waals surface area contributed by atoms with Crippen LogP contribution in [0.5, 0.6) is 5.75 Å². The zero-order valence-electron chi connectivity index (χ0n) is 15.9. The van der Waals surface area contributed by atoms with E-state index in [-0.39, 0.29) is 29.1 Å². The number of benzene rings is 2. The normalized spacial score (nSPS) is 12.3. The van der Waals surface area contributed by atoms with E-state index < -0.39 is 22.1 Å². The molecule has 1 N–H and O–H groups in total. The van der Waals surface area contributed by atoms with Crippen molar-refractivity contribution in [1.29, 1.82) is 0 Å². The summed E-state index contributed by atoms with van der Waals surface area (Å²) >= 11 is 0. The fourth-order valence-electron chi connectivity index (χ4n) is 2.49. The molecule has 0 saturated carbocycles. The molecule has 0 fully saturated rings. The van der Waals surface area contributed by atoms with Crippen molar-refractivity contribution in [3.05, 3.63) is 60.2 Å². The van der Waals surface area contributed by atoms with Gasteiger partial charge < -0.3 is 14.2 Å². The maximum Gasteiger partial charge on any atom is 0.339 e. The molecule has 8 heteroatoms. The van der Waals surface area contributed by atoms with Gasteiger partial charge in [0.15, 0.2) is 0 Å². The molecule has 0 aliphatic carbocycles. The summed E-state index contributed by atoms with van der Waals surface area (Å²) in [5.41, 5.74) is 0.625. The summed E-state index contributed by atoms with van der Waals surface area (Å²) in [6.07, 6.45) is -0.301. The maximum atomic E-state index is 12.3. The van der Waals surface area contributed by atoms with Gasteiger partial charge in [-0.05, 0) is 43.7 Å². The predicted molar refractivity (Wildman–Crippen MR) is 103 cm³/mol. The number of hydrogen-bond acceptors (Lipinski definition) is 6. The Morgan fingerprint density at radius 1 is 1.00 bits per heavy atom. The van der Waals surface area contributed by atoms with E-state index in [0.717, 1.165) is 0 Å². The minimum atomic E-state index is -3.94. The van der Waals surface area contributed by atoms with Crippen molar-refractivity contribution in [2.75, 3.05) is 0 Å². The minimum Gasteiger partial charge on any atom is -0.463 e. The Bertz CT molecular complexity index is 907. The first kappa shape index (κ1) is 21.4. The first-order chi connectivity index (χ1) is 13.2. The topological polar surface area (TPSA) is 98.8 Å². The highest BCUT2D eigenvalue weighted by atomic mass is 32.2. The van der Waals surface area contributed by atoms with E-state index in [4.69, 9.17) is 8.92 Å². The number of ether oxygens (including phenoxy) is 1. The summed E-state index contributed by atoms with van der Waals surface area (Å²) in [6.45, 7) is 4.83. The van der Waals surface area contributed by atoms with Gasteiger partial charge in [-0.1, -0.05) is 30.3 Å². The number of esters is 1. The van der Waals surface area contributed by atoms with Crippen molar-refractivity contribution in [1.82, 2.24) is 5.32 Å². The smallest absolute Gasteiger partial charge is 0.339 e.